The zero-order valence-electron chi connectivity index (χ0n) is 15.1. The number of thiazole rings is 1. The third kappa shape index (κ3) is 3.93. The Kier molecular flexibility index (Phi) is 5.30. The van der Waals surface area contributed by atoms with Crippen molar-refractivity contribution in [1.29, 1.82) is 0 Å². The van der Waals surface area contributed by atoms with E-state index in [2.05, 4.69) is 6.07 Å². The van der Waals surface area contributed by atoms with Crippen LogP contribution in [0.5, 0.6) is 0 Å². The zero-order valence-corrected chi connectivity index (χ0v) is 16.0. The third-order valence-corrected chi connectivity index (χ3v) is 6.22. The molecule has 138 valence electrons. The monoisotopic (exact) mass is 378 g/mol. The van der Waals surface area contributed by atoms with Crippen LogP contribution in [0.4, 0.5) is 0 Å². The summed E-state index contributed by atoms with van der Waals surface area (Å²) in [6.07, 6.45) is 3.58. The molecule has 1 atom stereocenters. The number of fused-ring (bicyclic) bond motifs is 1. The van der Waals surface area contributed by atoms with E-state index in [0.717, 1.165) is 41.0 Å². The maximum absolute atomic E-state index is 12.9. The Morgan fingerprint density at radius 3 is 2.59 bits per heavy atom. The lowest BCUT2D eigenvalue weighted by Gasteiger charge is -2.34. The molecule has 1 fully saturated rings. The van der Waals surface area contributed by atoms with Gasteiger partial charge in [-0.05, 0) is 31.4 Å². The number of aromatic nitrogens is 1. The van der Waals surface area contributed by atoms with Crippen molar-refractivity contribution < 1.29 is 9.59 Å². The maximum Gasteiger partial charge on any atom is 0.223 e. The van der Waals surface area contributed by atoms with Gasteiger partial charge in [0.1, 0.15) is 5.01 Å². The molecule has 3 aromatic rings. The van der Waals surface area contributed by atoms with Crippen LogP contribution in [0.25, 0.3) is 10.2 Å². The number of hydrogen-bond acceptors (Lipinski definition) is 4. The van der Waals surface area contributed by atoms with Crippen molar-refractivity contribution in [2.45, 2.75) is 38.1 Å². The number of piperidine rings is 1. The molecule has 0 spiro atoms. The number of ketones is 1. The highest BCUT2D eigenvalue weighted by molar-refractivity contribution is 7.18. The van der Waals surface area contributed by atoms with Crippen LogP contribution >= 0.6 is 11.3 Å². The van der Waals surface area contributed by atoms with Gasteiger partial charge in [-0.3, -0.25) is 9.59 Å². The quantitative estimate of drug-likeness (QED) is 0.586. The van der Waals surface area contributed by atoms with Gasteiger partial charge in [0.05, 0.1) is 16.3 Å². The zero-order chi connectivity index (χ0) is 18.6. The molecule has 1 aliphatic heterocycles. The fourth-order valence-electron chi connectivity index (χ4n) is 3.65. The summed E-state index contributed by atoms with van der Waals surface area (Å²) >= 11 is 1.67. The molecular weight excluding hydrogens is 356 g/mol. The predicted molar refractivity (Wildman–Crippen MR) is 108 cm³/mol. The van der Waals surface area contributed by atoms with E-state index >= 15 is 0 Å². The molecule has 0 radical (unpaired) electrons. The number of Topliss-reactive ketones (excluding diaryl/α,β-unsaturated/α-hetero) is 1. The van der Waals surface area contributed by atoms with E-state index in [4.69, 9.17) is 4.98 Å². The van der Waals surface area contributed by atoms with Crippen LogP contribution in [-0.4, -0.2) is 28.1 Å². The molecule has 0 N–H and O–H groups in total. The molecule has 2 heterocycles. The summed E-state index contributed by atoms with van der Waals surface area (Å²) in [7, 11) is 0. The van der Waals surface area contributed by atoms with E-state index in [1.165, 1.54) is 0 Å². The molecular formula is C22H22N2O2S. The van der Waals surface area contributed by atoms with Crippen LogP contribution in [0.15, 0.2) is 54.6 Å². The normalized spacial score (nSPS) is 17.2. The highest BCUT2D eigenvalue weighted by atomic mass is 32.1. The van der Waals surface area contributed by atoms with Gasteiger partial charge in [0, 0.05) is 24.9 Å². The summed E-state index contributed by atoms with van der Waals surface area (Å²) in [4.78, 5) is 31.9. The van der Waals surface area contributed by atoms with Gasteiger partial charge in [-0.1, -0.05) is 42.5 Å². The lowest BCUT2D eigenvalue weighted by atomic mass is 10.0. The van der Waals surface area contributed by atoms with E-state index in [0.29, 0.717) is 5.56 Å². The van der Waals surface area contributed by atoms with Crippen LogP contribution in [0.3, 0.4) is 0 Å². The number of carbonyl (C=O) groups excluding carboxylic acids is 2. The largest absolute Gasteiger partial charge is 0.333 e. The lowest BCUT2D eigenvalue weighted by Crippen LogP contribution is -2.38. The van der Waals surface area contributed by atoms with Gasteiger partial charge in [-0.2, -0.15) is 0 Å². The van der Waals surface area contributed by atoms with E-state index in [1.54, 1.807) is 23.5 Å². The van der Waals surface area contributed by atoms with Crippen molar-refractivity contribution in [3.63, 3.8) is 0 Å². The Hall–Kier alpha value is -2.53. The maximum atomic E-state index is 12.9. The number of hydrogen-bond donors (Lipinski definition) is 0. The number of benzene rings is 2. The van der Waals surface area contributed by atoms with Crippen molar-refractivity contribution in [3.05, 3.63) is 65.2 Å². The van der Waals surface area contributed by atoms with Crippen LogP contribution in [0.1, 0.15) is 53.5 Å². The summed E-state index contributed by atoms with van der Waals surface area (Å²) in [5.41, 5.74) is 1.67. The Bertz CT molecular complexity index is 918. The first kappa shape index (κ1) is 17.9. The second-order valence-corrected chi connectivity index (χ2v) is 7.97. The van der Waals surface area contributed by atoms with Gasteiger partial charge in [-0.15, -0.1) is 11.3 Å². The SMILES string of the molecule is O=C(CCC(=O)N1CCCCC1c1nc2ccccc2s1)c1ccccc1. The molecule has 1 unspecified atom stereocenters. The second kappa shape index (κ2) is 8.01. The third-order valence-electron chi connectivity index (χ3n) is 5.08. The van der Waals surface area contributed by atoms with Gasteiger partial charge in [-0.25, -0.2) is 4.98 Å². The highest BCUT2D eigenvalue weighted by Crippen LogP contribution is 2.36. The van der Waals surface area contributed by atoms with Gasteiger partial charge in [0.25, 0.3) is 0 Å². The average molecular weight is 378 g/mol. The van der Waals surface area contributed by atoms with E-state index in [9.17, 15) is 9.59 Å². The number of likely N-dealkylation sites (tertiary alicyclic amines) is 1. The Labute approximate surface area is 162 Å². The number of para-hydroxylation sites is 1. The highest BCUT2D eigenvalue weighted by Gasteiger charge is 2.30. The van der Waals surface area contributed by atoms with Gasteiger partial charge >= 0.3 is 0 Å². The number of rotatable bonds is 5. The smallest absolute Gasteiger partial charge is 0.223 e. The summed E-state index contributed by atoms with van der Waals surface area (Å²) in [6.45, 7) is 0.749. The van der Waals surface area contributed by atoms with Crippen molar-refractivity contribution >= 4 is 33.2 Å². The molecule has 4 nitrogen and oxygen atoms in total. The van der Waals surface area contributed by atoms with Gasteiger partial charge < -0.3 is 4.90 Å². The summed E-state index contributed by atoms with van der Waals surface area (Å²) in [6, 6.07) is 17.3. The summed E-state index contributed by atoms with van der Waals surface area (Å²) in [5, 5.41) is 1.01. The Morgan fingerprint density at radius 1 is 1.00 bits per heavy atom. The minimum absolute atomic E-state index is 0.0255. The molecule has 0 aliphatic carbocycles. The van der Waals surface area contributed by atoms with Crippen molar-refractivity contribution in [2.24, 2.45) is 0 Å². The summed E-state index contributed by atoms with van der Waals surface area (Å²) < 4.78 is 1.16. The van der Waals surface area contributed by atoms with Gasteiger partial charge in [0.15, 0.2) is 5.78 Å². The summed E-state index contributed by atoms with van der Waals surface area (Å²) in [5.74, 6) is 0.0840. The molecule has 0 bridgehead atoms. The van der Waals surface area contributed by atoms with E-state index < -0.39 is 0 Å². The first-order valence-corrected chi connectivity index (χ1v) is 10.3. The van der Waals surface area contributed by atoms with Crippen LogP contribution in [0, 0.1) is 0 Å². The first-order valence-electron chi connectivity index (χ1n) is 9.45. The second-order valence-electron chi connectivity index (χ2n) is 6.91. The van der Waals surface area contributed by atoms with E-state index in [1.807, 2.05) is 41.3 Å². The average Bonchev–Trinajstić information content (AvgIpc) is 3.16. The van der Waals surface area contributed by atoms with Gasteiger partial charge in [0.2, 0.25) is 5.91 Å². The molecule has 0 saturated carbocycles. The standard InChI is InChI=1S/C22H22N2O2S/c25-19(16-8-2-1-3-9-16)13-14-21(26)24-15-7-6-11-18(24)22-23-17-10-4-5-12-20(17)27-22/h1-5,8-10,12,18H,6-7,11,13-15H2. The molecule has 1 aromatic heterocycles. The van der Waals surface area contributed by atoms with Crippen molar-refractivity contribution in [2.75, 3.05) is 6.54 Å². The number of amides is 1. The van der Waals surface area contributed by atoms with Crippen molar-refractivity contribution in [3.8, 4) is 0 Å². The predicted octanol–water partition coefficient (Wildman–Crippen LogP) is 5.01. The molecule has 1 amide bonds. The van der Waals surface area contributed by atoms with Crippen LogP contribution in [0.2, 0.25) is 0 Å². The Morgan fingerprint density at radius 2 is 1.78 bits per heavy atom. The minimum Gasteiger partial charge on any atom is -0.333 e. The number of carbonyl (C=O) groups is 2. The molecule has 5 heteroatoms. The fraction of sp³-hybridized carbons (Fsp3) is 0.318. The minimum atomic E-state index is 0.0255. The topological polar surface area (TPSA) is 50.3 Å². The Balaban J connectivity index is 1.47. The molecule has 1 aliphatic rings. The van der Waals surface area contributed by atoms with E-state index in [-0.39, 0.29) is 30.6 Å². The van der Waals surface area contributed by atoms with Crippen LogP contribution in [-0.2, 0) is 4.79 Å². The molecule has 1 saturated heterocycles. The number of nitrogens with zero attached hydrogens (tertiary/aromatic N) is 2. The molecule has 4 rings (SSSR count). The first-order chi connectivity index (χ1) is 13.2. The molecule has 27 heavy (non-hydrogen) atoms. The lowest BCUT2D eigenvalue weighted by molar-refractivity contribution is -0.135. The fourth-order valence-corrected chi connectivity index (χ4v) is 4.77. The van der Waals surface area contributed by atoms with Crippen LogP contribution < -0.4 is 0 Å². The van der Waals surface area contributed by atoms with Crippen molar-refractivity contribution in [1.82, 2.24) is 9.88 Å². The molecule has 2 aromatic carbocycles.